The van der Waals surface area contributed by atoms with E-state index in [9.17, 15) is 9.59 Å². The van der Waals surface area contributed by atoms with Gasteiger partial charge in [-0.2, -0.15) is 0 Å². The third-order valence-corrected chi connectivity index (χ3v) is 6.45. The molecule has 8 nitrogen and oxygen atoms in total. The van der Waals surface area contributed by atoms with E-state index in [1.807, 2.05) is 41.3 Å². The fraction of sp³-hybridized carbons (Fsp3) is 0.222. The smallest absolute Gasteiger partial charge is 0.261 e. The number of nitrogens with zero attached hydrogens (tertiary/aromatic N) is 2. The molecule has 0 unspecified atom stereocenters. The lowest BCUT2D eigenvalue weighted by Crippen LogP contribution is -2.49. The molecule has 0 aromatic heterocycles. The maximum atomic E-state index is 12.9. The average Bonchev–Trinajstić information content (AvgIpc) is 2.92. The standard InChI is InChI=1S/C27H27ClN4O4S/c1-35-20-9-10-21(24(17-20)36-2)25(33)30-27(37)29-22-16-19(28)8-11-23(22)31-12-14-32(15-13-31)26(34)18-6-4-3-5-7-18/h3-11,16-17H,12-15H2,1-2H3,(H2,29,30,33,37). The van der Waals surface area contributed by atoms with Gasteiger partial charge in [0, 0.05) is 42.8 Å². The summed E-state index contributed by atoms with van der Waals surface area (Å²) in [7, 11) is 3.02. The molecule has 10 heteroatoms. The Balaban J connectivity index is 1.43. The second kappa shape index (κ2) is 11.9. The van der Waals surface area contributed by atoms with Crippen molar-refractivity contribution >= 4 is 52.1 Å². The predicted molar refractivity (Wildman–Crippen MR) is 149 cm³/mol. The SMILES string of the molecule is COc1ccc(C(=O)NC(=S)Nc2cc(Cl)ccc2N2CCN(C(=O)c3ccccc3)CC2)c(OC)c1. The molecular weight excluding hydrogens is 512 g/mol. The predicted octanol–water partition coefficient (Wildman–Crippen LogP) is 4.45. The van der Waals surface area contributed by atoms with Crippen molar-refractivity contribution < 1.29 is 19.1 Å². The number of hydrogen-bond acceptors (Lipinski definition) is 6. The lowest BCUT2D eigenvalue weighted by Gasteiger charge is -2.37. The summed E-state index contributed by atoms with van der Waals surface area (Å²) < 4.78 is 10.5. The Morgan fingerprint density at radius 2 is 1.65 bits per heavy atom. The Bertz CT molecular complexity index is 1300. The van der Waals surface area contributed by atoms with Crippen LogP contribution in [0.1, 0.15) is 20.7 Å². The van der Waals surface area contributed by atoms with Crippen LogP contribution in [0.2, 0.25) is 5.02 Å². The van der Waals surface area contributed by atoms with Crippen molar-refractivity contribution in [2.75, 3.05) is 50.6 Å². The Morgan fingerprint density at radius 1 is 0.919 bits per heavy atom. The second-order valence-corrected chi connectivity index (χ2v) is 9.13. The summed E-state index contributed by atoms with van der Waals surface area (Å²) in [6, 6.07) is 19.6. The van der Waals surface area contributed by atoms with Gasteiger partial charge in [-0.15, -0.1) is 0 Å². The number of nitrogens with one attached hydrogen (secondary N) is 2. The van der Waals surface area contributed by atoms with Crippen LogP contribution in [0.5, 0.6) is 11.5 Å². The monoisotopic (exact) mass is 538 g/mol. The lowest BCUT2D eigenvalue weighted by atomic mass is 10.1. The van der Waals surface area contributed by atoms with Gasteiger partial charge < -0.3 is 24.6 Å². The van der Waals surface area contributed by atoms with Crippen LogP contribution in [0.25, 0.3) is 0 Å². The first-order chi connectivity index (χ1) is 17.9. The summed E-state index contributed by atoms with van der Waals surface area (Å²) in [4.78, 5) is 29.7. The van der Waals surface area contributed by atoms with Crippen molar-refractivity contribution in [1.29, 1.82) is 0 Å². The lowest BCUT2D eigenvalue weighted by molar-refractivity contribution is 0.0746. The summed E-state index contributed by atoms with van der Waals surface area (Å²) in [5, 5.41) is 6.43. The highest BCUT2D eigenvalue weighted by Crippen LogP contribution is 2.30. The minimum atomic E-state index is -0.423. The first-order valence-corrected chi connectivity index (χ1v) is 12.4. The van der Waals surface area contributed by atoms with Crippen LogP contribution in [-0.2, 0) is 0 Å². The topological polar surface area (TPSA) is 83.1 Å². The van der Waals surface area contributed by atoms with Gasteiger partial charge in [0.1, 0.15) is 11.5 Å². The van der Waals surface area contributed by atoms with Gasteiger partial charge >= 0.3 is 0 Å². The molecule has 4 rings (SSSR count). The van der Waals surface area contributed by atoms with E-state index in [1.165, 1.54) is 14.2 Å². The van der Waals surface area contributed by atoms with Crippen LogP contribution in [-0.4, -0.2) is 62.2 Å². The summed E-state index contributed by atoms with van der Waals surface area (Å²) in [5.41, 5.74) is 2.52. The van der Waals surface area contributed by atoms with E-state index in [1.54, 1.807) is 30.3 Å². The van der Waals surface area contributed by atoms with Crippen molar-refractivity contribution in [2.45, 2.75) is 0 Å². The minimum absolute atomic E-state index is 0.0209. The molecule has 0 radical (unpaired) electrons. The number of benzene rings is 3. The van der Waals surface area contributed by atoms with Crippen LogP contribution < -0.4 is 25.0 Å². The van der Waals surface area contributed by atoms with Gasteiger partial charge in [-0.3, -0.25) is 14.9 Å². The summed E-state index contributed by atoms with van der Waals surface area (Å²) in [5.74, 6) is 0.537. The van der Waals surface area contributed by atoms with E-state index in [4.69, 9.17) is 33.3 Å². The minimum Gasteiger partial charge on any atom is -0.497 e. The van der Waals surface area contributed by atoms with E-state index in [0.717, 1.165) is 5.69 Å². The van der Waals surface area contributed by atoms with Gasteiger partial charge in [0.15, 0.2) is 5.11 Å². The van der Waals surface area contributed by atoms with Crippen LogP contribution in [0.15, 0.2) is 66.7 Å². The molecule has 0 atom stereocenters. The Labute approximate surface area is 226 Å². The molecule has 192 valence electrons. The Kier molecular flexibility index (Phi) is 8.47. The fourth-order valence-corrected chi connectivity index (χ4v) is 4.48. The zero-order valence-corrected chi connectivity index (χ0v) is 22.1. The molecule has 1 aliphatic heterocycles. The number of methoxy groups -OCH3 is 2. The third-order valence-electron chi connectivity index (χ3n) is 6.02. The molecule has 2 amide bonds. The van der Waals surface area contributed by atoms with Crippen molar-refractivity contribution in [1.82, 2.24) is 10.2 Å². The molecule has 0 bridgehead atoms. The quantitative estimate of drug-likeness (QED) is 0.449. The highest BCUT2D eigenvalue weighted by Gasteiger charge is 2.24. The normalized spacial score (nSPS) is 13.1. The highest BCUT2D eigenvalue weighted by molar-refractivity contribution is 7.80. The zero-order valence-electron chi connectivity index (χ0n) is 20.5. The molecule has 3 aromatic rings. The van der Waals surface area contributed by atoms with Gasteiger partial charge in [-0.25, -0.2) is 0 Å². The number of hydrogen-bond donors (Lipinski definition) is 2. The average molecular weight is 539 g/mol. The number of rotatable bonds is 6. The van der Waals surface area contributed by atoms with Crippen LogP contribution in [0.3, 0.4) is 0 Å². The molecule has 1 aliphatic rings. The molecule has 3 aromatic carbocycles. The Morgan fingerprint density at radius 3 is 2.32 bits per heavy atom. The summed E-state index contributed by atoms with van der Waals surface area (Å²) >= 11 is 11.7. The van der Waals surface area contributed by atoms with Crippen molar-refractivity contribution in [3.05, 3.63) is 82.9 Å². The number of amides is 2. The van der Waals surface area contributed by atoms with Gasteiger partial charge in [-0.1, -0.05) is 29.8 Å². The number of thiocarbonyl (C=S) groups is 1. The van der Waals surface area contributed by atoms with Crippen LogP contribution in [0.4, 0.5) is 11.4 Å². The molecule has 0 saturated carbocycles. The molecule has 1 fully saturated rings. The molecule has 1 saturated heterocycles. The number of halogens is 1. The van der Waals surface area contributed by atoms with Crippen LogP contribution in [0, 0.1) is 0 Å². The zero-order chi connectivity index (χ0) is 26.4. The van der Waals surface area contributed by atoms with E-state index >= 15 is 0 Å². The number of carbonyl (C=O) groups excluding carboxylic acids is 2. The third kappa shape index (κ3) is 6.31. The van der Waals surface area contributed by atoms with Crippen molar-refractivity contribution in [3.63, 3.8) is 0 Å². The van der Waals surface area contributed by atoms with Gasteiger partial charge in [0.25, 0.3) is 11.8 Å². The van der Waals surface area contributed by atoms with Crippen molar-refractivity contribution in [2.24, 2.45) is 0 Å². The van der Waals surface area contributed by atoms with E-state index in [0.29, 0.717) is 59.5 Å². The molecular formula is C27H27ClN4O4S. The van der Waals surface area contributed by atoms with Gasteiger partial charge in [0.05, 0.1) is 31.2 Å². The van der Waals surface area contributed by atoms with E-state index in [-0.39, 0.29) is 11.0 Å². The molecule has 1 heterocycles. The number of anilines is 2. The molecule has 37 heavy (non-hydrogen) atoms. The number of carbonyl (C=O) groups is 2. The molecule has 0 aliphatic carbocycles. The van der Waals surface area contributed by atoms with Crippen LogP contribution >= 0.6 is 23.8 Å². The summed E-state index contributed by atoms with van der Waals surface area (Å²) in [6.07, 6.45) is 0. The first-order valence-electron chi connectivity index (χ1n) is 11.6. The molecule has 0 spiro atoms. The number of ether oxygens (including phenoxy) is 2. The highest BCUT2D eigenvalue weighted by atomic mass is 35.5. The van der Waals surface area contributed by atoms with Gasteiger partial charge in [-0.05, 0) is 54.7 Å². The van der Waals surface area contributed by atoms with Gasteiger partial charge in [0.2, 0.25) is 0 Å². The molecule has 2 N–H and O–H groups in total. The fourth-order valence-electron chi connectivity index (χ4n) is 4.11. The van der Waals surface area contributed by atoms with Crippen molar-refractivity contribution in [3.8, 4) is 11.5 Å². The summed E-state index contributed by atoms with van der Waals surface area (Å²) in [6.45, 7) is 2.43. The first kappa shape index (κ1) is 26.2. The van der Waals surface area contributed by atoms with E-state index < -0.39 is 5.91 Å². The number of piperazine rings is 1. The largest absolute Gasteiger partial charge is 0.497 e. The maximum absolute atomic E-state index is 12.9. The second-order valence-electron chi connectivity index (χ2n) is 8.28. The maximum Gasteiger partial charge on any atom is 0.261 e. The van der Waals surface area contributed by atoms with E-state index in [2.05, 4.69) is 15.5 Å². The Hall–Kier alpha value is -3.82.